The van der Waals surface area contributed by atoms with Gasteiger partial charge in [-0.1, -0.05) is 54.2 Å². The lowest BCUT2D eigenvalue weighted by Crippen LogP contribution is -2.21. The summed E-state index contributed by atoms with van der Waals surface area (Å²) in [4.78, 5) is 38.5. The number of imidazole rings is 1. The minimum absolute atomic E-state index is 0.152. The summed E-state index contributed by atoms with van der Waals surface area (Å²) in [7, 11) is 0. The first-order valence-corrected chi connectivity index (χ1v) is 9.10. The number of hydrogen-bond acceptors (Lipinski definition) is 5. The van der Waals surface area contributed by atoms with Crippen molar-refractivity contribution in [3.63, 3.8) is 0 Å². The molecular weight excluding hydrogens is 364 g/mol. The van der Waals surface area contributed by atoms with Gasteiger partial charge in [-0.25, -0.2) is 14.8 Å². The molecule has 3 N–H and O–H groups in total. The fourth-order valence-corrected chi connectivity index (χ4v) is 3.47. The molecule has 4 aromatic rings. The van der Waals surface area contributed by atoms with Crippen LogP contribution in [0.4, 0.5) is 0 Å². The molecule has 0 spiro atoms. The van der Waals surface area contributed by atoms with Gasteiger partial charge in [0, 0.05) is 5.56 Å². The van der Waals surface area contributed by atoms with Crippen molar-refractivity contribution in [2.24, 2.45) is 0 Å². The third kappa shape index (κ3) is 3.47. The van der Waals surface area contributed by atoms with E-state index in [0.29, 0.717) is 16.5 Å². The van der Waals surface area contributed by atoms with Crippen LogP contribution in [0.1, 0.15) is 16.2 Å². The van der Waals surface area contributed by atoms with Crippen molar-refractivity contribution < 1.29 is 9.90 Å². The molecule has 0 atom stereocenters. The van der Waals surface area contributed by atoms with Crippen LogP contribution in [0.2, 0.25) is 0 Å². The number of rotatable bonds is 5. The SMILES string of the molecule is O=C(O)c1c(-c2ccccc2)nc(SCc2nc3ccccc3[nH]2)[nH]c1=O. The van der Waals surface area contributed by atoms with Crippen LogP contribution in [0, 0.1) is 0 Å². The lowest BCUT2D eigenvalue weighted by atomic mass is 10.1. The Morgan fingerprint density at radius 1 is 1.00 bits per heavy atom. The first-order valence-electron chi connectivity index (χ1n) is 8.11. The summed E-state index contributed by atoms with van der Waals surface area (Å²) in [6.07, 6.45) is 0. The van der Waals surface area contributed by atoms with Crippen LogP contribution in [-0.4, -0.2) is 31.0 Å². The van der Waals surface area contributed by atoms with Crippen LogP contribution in [0.3, 0.4) is 0 Å². The first-order chi connectivity index (χ1) is 13.1. The van der Waals surface area contributed by atoms with Gasteiger partial charge in [0.2, 0.25) is 0 Å². The number of thioether (sulfide) groups is 1. The predicted molar refractivity (Wildman–Crippen MR) is 103 cm³/mol. The maximum Gasteiger partial charge on any atom is 0.343 e. The molecule has 8 heteroatoms. The van der Waals surface area contributed by atoms with E-state index in [-0.39, 0.29) is 11.3 Å². The van der Waals surface area contributed by atoms with E-state index in [0.717, 1.165) is 16.9 Å². The molecule has 7 nitrogen and oxygen atoms in total. The molecule has 0 amide bonds. The number of carbonyl (C=O) groups is 1. The number of fused-ring (bicyclic) bond motifs is 1. The molecular formula is C19H14N4O3S. The summed E-state index contributed by atoms with van der Waals surface area (Å²) in [5.41, 5.74) is 1.48. The number of carboxylic acids is 1. The summed E-state index contributed by atoms with van der Waals surface area (Å²) in [5, 5.41) is 9.74. The van der Waals surface area contributed by atoms with Crippen molar-refractivity contribution in [1.82, 2.24) is 19.9 Å². The molecule has 0 saturated heterocycles. The number of carboxylic acid groups (broad SMARTS) is 1. The molecule has 2 aromatic carbocycles. The Morgan fingerprint density at radius 3 is 2.48 bits per heavy atom. The number of aromatic carboxylic acids is 1. The molecule has 2 aromatic heterocycles. The summed E-state index contributed by atoms with van der Waals surface area (Å²) in [6.45, 7) is 0. The van der Waals surface area contributed by atoms with Gasteiger partial charge in [-0.3, -0.25) is 4.79 Å². The van der Waals surface area contributed by atoms with E-state index in [9.17, 15) is 14.7 Å². The molecule has 0 saturated carbocycles. The Hall–Kier alpha value is -3.39. The van der Waals surface area contributed by atoms with Crippen LogP contribution in [0.15, 0.2) is 64.5 Å². The van der Waals surface area contributed by atoms with Crippen LogP contribution < -0.4 is 5.56 Å². The van der Waals surface area contributed by atoms with Gasteiger partial charge in [0.15, 0.2) is 10.7 Å². The Morgan fingerprint density at radius 2 is 1.74 bits per heavy atom. The molecule has 0 radical (unpaired) electrons. The fraction of sp³-hybridized carbons (Fsp3) is 0.0526. The predicted octanol–water partition coefficient (Wildman–Crippen LogP) is 3.30. The van der Waals surface area contributed by atoms with Crippen LogP contribution >= 0.6 is 11.8 Å². The van der Waals surface area contributed by atoms with Gasteiger partial charge in [0.05, 0.1) is 22.5 Å². The van der Waals surface area contributed by atoms with Gasteiger partial charge >= 0.3 is 5.97 Å². The van der Waals surface area contributed by atoms with Crippen molar-refractivity contribution >= 4 is 28.8 Å². The van der Waals surface area contributed by atoms with Crippen LogP contribution in [0.5, 0.6) is 0 Å². The molecule has 0 fully saturated rings. The third-order valence-electron chi connectivity index (χ3n) is 3.94. The van der Waals surface area contributed by atoms with Gasteiger partial charge < -0.3 is 15.1 Å². The maximum absolute atomic E-state index is 12.3. The normalized spacial score (nSPS) is 11.0. The second kappa shape index (κ2) is 7.08. The zero-order valence-corrected chi connectivity index (χ0v) is 14.8. The zero-order valence-electron chi connectivity index (χ0n) is 14.0. The average Bonchev–Trinajstić information content (AvgIpc) is 3.09. The first kappa shape index (κ1) is 17.0. The minimum Gasteiger partial charge on any atom is -0.477 e. The lowest BCUT2D eigenvalue weighted by molar-refractivity contribution is 0.0695. The van der Waals surface area contributed by atoms with Gasteiger partial charge in [-0.15, -0.1) is 0 Å². The van der Waals surface area contributed by atoms with E-state index in [1.165, 1.54) is 11.8 Å². The number of nitrogens with one attached hydrogen (secondary N) is 2. The van der Waals surface area contributed by atoms with Crippen molar-refractivity contribution in [2.45, 2.75) is 10.9 Å². The number of hydrogen-bond donors (Lipinski definition) is 3. The van der Waals surface area contributed by atoms with Gasteiger partial charge in [0.1, 0.15) is 5.82 Å². The summed E-state index contributed by atoms with van der Waals surface area (Å²) in [6, 6.07) is 16.5. The van der Waals surface area contributed by atoms with Crippen LogP contribution in [0.25, 0.3) is 22.3 Å². The second-order valence-electron chi connectivity index (χ2n) is 5.76. The molecule has 0 aliphatic carbocycles. The molecule has 2 heterocycles. The number of aromatic amines is 2. The Kier molecular flexibility index (Phi) is 4.47. The standard InChI is InChI=1S/C19H14N4O3S/c24-17-15(18(25)26)16(11-6-2-1-3-7-11)22-19(23-17)27-10-14-20-12-8-4-5-9-13(12)21-14/h1-9H,10H2,(H,20,21)(H,25,26)(H,22,23,24). The Balaban J connectivity index is 1.68. The molecule has 27 heavy (non-hydrogen) atoms. The summed E-state index contributed by atoms with van der Waals surface area (Å²) in [5.74, 6) is -0.109. The summed E-state index contributed by atoms with van der Waals surface area (Å²) < 4.78 is 0. The van der Waals surface area contributed by atoms with Gasteiger partial charge in [0.25, 0.3) is 5.56 Å². The molecule has 0 aliphatic rings. The lowest BCUT2D eigenvalue weighted by Gasteiger charge is -2.07. The quantitative estimate of drug-likeness (QED) is 0.363. The highest BCUT2D eigenvalue weighted by Crippen LogP contribution is 2.24. The van der Waals surface area contributed by atoms with E-state index in [4.69, 9.17) is 0 Å². The molecule has 134 valence electrons. The van der Waals surface area contributed by atoms with Gasteiger partial charge in [-0.05, 0) is 12.1 Å². The van der Waals surface area contributed by atoms with E-state index in [1.54, 1.807) is 24.3 Å². The number of H-pyrrole nitrogens is 2. The van der Waals surface area contributed by atoms with E-state index in [1.807, 2.05) is 30.3 Å². The number of nitrogens with zero attached hydrogens (tertiary/aromatic N) is 2. The van der Waals surface area contributed by atoms with Crippen molar-refractivity contribution in [2.75, 3.05) is 0 Å². The van der Waals surface area contributed by atoms with E-state index in [2.05, 4.69) is 19.9 Å². The molecule has 0 aliphatic heterocycles. The second-order valence-corrected chi connectivity index (χ2v) is 6.72. The highest BCUT2D eigenvalue weighted by molar-refractivity contribution is 7.98. The van der Waals surface area contributed by atoms with Crippen LogP contribution in [-0.2, 0) is 5.75 Å². The minimum atomic E-state index is -1.31. The van der Waals surface area contributed by atoms with E-state index >= 15 is 0 Å². The van der Waals surface area contributed by atoms with Gasteiger partial charge in [-0.2, -0.15) is 0 Å². The van der Waals surface area contributed by atoms with Crippen molar-refractivity contribution in [1.29, 1.82) is 0 Å². The molecule has 0 bridgehead atoms. The van der Waals surface area contributed by atoms with E-state index < -0.39 is 11.5 Å². The smallest absolute Gasteiger partial charge is 0.343 e. The monoisotopic (exact) mass is 378 g/mol. The largest absolute Gasteiger partial charge is 0.477 e. The van der Waals surface area contributed by atoms with Crippen molar-refractivity contribution in [3.05, 3.63) is 76.3 Å². The topological polar surface area (TPSA) is 112 Å². The molecule has 0 unspecified atom stereocenters. The Bertz CT molecular complexity index is 1150. The third-order valence-corrected chi connectivity index (χ3v) is 4.83. The highest BCUT2D eigenvalue weighted by atomic mass is 32.2. The molecule has 4 rings (SSSR count). The highest BCUT2D eigenvalue weighted by Gasteiger charge is 2.19. The average molecular weight is 378 g/mol. The fourth-order valence-electron chi connectivity index (χ4n) is 2.73. The Labute approximate surface area is 157 Å². The number of benzene rings is 2. The summed E-state index contributed by atoms with van der Waals surface area (Å²) >= 11 is 1.28. The number of para-hydroxylation sites is 2. The number of aromatic nitrogens is 4. The maximum atomic E-state index is 12.3. The van der Waals surface area contributed by atoms with Crippen molar-refractivity contribution in [3.8, 4) is 11.3 Å². The zero-order chi connectivity index (χ0) is 18.8.